The number of benzene rings is 1. The summed E-state index contributed by atoms with van der Waals surface area (Å²) in [6, 6.07) is 5.39. The van der Waals surface area contributed by atoms with Crippen molar-refractivity contribution in [3.8, 4) is 0 Å². The molecule has 16 heavy (non-hydrogen) atoms. The minimum absolute atomic E-state index is 0.234. The number of carbonyl (C=O) groups excluding carboxylic acids is 1. The Morgan fingerprint density at radius 3 is 2.75 bits per heavy atom. The Hall–Kier alpha value is -1.06. The van der Waals surface area contributed by atoms with Crippen LogP contribution in [0.1, 0.15) is 18.1 Å². The molecule has 0 bridgehead atoms. The van der Waals surface area contributed by atoms with Crippen LogP contribution < -0.4 is 0 Å². The normalized spacial score (nSPS) is 10.2. The van der Waals surface area contributed by atoms with Gasteiger partial charge in [0.1, 0.15) is 0 Å². The molecular weight excluding hydrogens is 228 g/mol. The lowest BCUT2D eigenvalue weighted by molar-refractivity contribution is -0.142. The summed E-state index contributed by atoms with van der Waals surface area (Å²) in [6.45, 7) is 2.62. The van der Waals surface area contributed by atoms with Crippen LogP contribution in [0.15, 0.2) is 18.2 Å². The molecule has 0 aliphatic carbocycles. The van der Waals surface area contributed by atoms with Crippen LogP contribution in [-0.2, 0) is 27.3 Å². The van der Waals surface area contributed by atoms with Gasteiger partial charge in [0.2, 0.25) is 0 Å². The van der Waals surface area contributed by atoms with Gasteiger partial charge in [0.15, 0.2) is 0 Å². The molecule has 0 spiro atoms. The van der Waals surface area contributed by atoms with Crippen molar-refractivity contribution in [1.82, 2.24) is 0 Å². The van der Waals surface area contributed by atoms with E-state index >= 15 is 0 Å². The van der Waals surface area contributed by atoms with E-state index in [1.165, 1.54) is 0 Å². The lowest BCUT2D eigenvalue weighted by atomic mass is 10.1. The highest BCUT2D eigenvalue weighted by Crippen LogP contribution is 2.17. The van der Waals surface area contributed by atoms with E-state index < -0.39 is 0 Å². The molecule has 1 aromatic rings. The Labute approximate surface area is 100 Å². The predicted molar refractivity (Wildman–Crippen MR) is 62.5 cm³/mol. The molecule has 88 valence electrons. The molecule has 0 fully saturated rings. The van der Waals surface area contributed by atoms with E-state index in [-0.39, 0.29) is 12.4 Å². The van der Waals surface area contributed by atoms with E-state index in [1.807, 2.05) is 6.07 Å². The first-order chi connectivity index (χ1) is 7.67. The highest BCUT2D eigenvalue weighted by atomic mass is 35.5. The summed E-state index contributed by atoms with van der Waals surface area (Å²) in [5.41, 5.74) is 1.81. The molecule has 1 rings (SSSR count). The SMILES string of the molecule is CCOC(=O)Cc1ccc(Cl)cc1COC. The van der Waals surface area contributed by atoms with Crippen LogP contribution in [0.5, 0.6) is 0 Å². The molecule has 0 saturated carbocycles. The number of hydrogen-bond acceptors (Lipinski definition) is 3. The Morgan fingerprint density at radius 2 is 2.12 bits per heavy atom. The molecular formula is C12H15ClO3. The van der Waals surface area contributed by atoms with E-state index in [1.54, 1.807) is 26.2 Å². The fraction of sp³-hybridized carbons (Fsp3) is 0.417. The lowest BCUT2D eigenvalue weighted by Gasteiger charge is -2.08. The molecule has 0 saturated heterocycles. The summed E-state index contributed by atoms with van der Waals surface area (Å²) in [7, 11) is 1.61. The standard InChI is InChI=1S/C12H15ClO3/c1-3-16-12(14)7-9-4-5-11(13)6-10(9)8-15-2/h4-6H,3,7-8H2,1-2H3. The van der Waals surface area contributed by atoms with Gasteiger partial charge in [0.25, 0.3) is 0 Å². The maximum atomic E-state index is 11.4. The van der Waals surface area contributed by atoms with E-state index in [4.69, 9.17) is 21.1 Å². The maximum absolute atomic E-state index is 11.4. The second-order valence-electron chi connectivity index (χ2n) is 3.33. The van der Waals surface area contributed by atoms with E-state index in [0.717, 1.165) is 11.1 Å². The molecule has 0 atom stereocenters. The molecule has 0 aromatic heterocycles. The zero-order valence-electron chi connectivity index (χ0n) is 9.46. The Balaban J connectivity index is 2.81. The zero-order chi connectivity index (χ0) is 12.0. The van der Waals surface area contributed by atoms with Gasteiger partial charge in [0, 0.05) is 12.1 Å². The number of ether oxygens (including phenoxy) is 2. The summed E-state index contributed by atoms with van der Waals surface area (Å²) >= 11 is 5.88. The largest absolute Gasteiger partial charge is 0.466 e. The number of methoxy groups -OCH3 is 1. The van der Waals surface area contributed by atoms with Gasteiger partial charge in [-0.05, 0) is 30.2 Å². The third-order valence-electron chi connectivity index (χ3n) is 2.11. The van der Waals surface area contributed by atoms with Crippen LogP contribution in [0.3, 0.4) is 0 Å². The summed E-state index contributed by atoms with van der Waals surface area (Å²) < 4.78 is 9.95. The van der Waals surface area contributed by atoms with Gasteiger partial charge in [-0.3, -0.25) is 4.79 Å². The third kappa shape index (κ3) is 3.83. The maximum Gasteiger partial charge on any atom is 0.310 e. The Bertz CT molecular complexity index is 363. The Morgan fingerprint density at radius 1 is 1.38 bits per heavy atom. The average Bonchev–Trinajstić information content (AvgIpc) is 2.23. The average molecular weight is 243 g/mol. The number of carbonyl (C=O) groups is 1. The minimum atomic E-state index is -0.234. The van der Waals surface area contributed by atoms with Crippen molar-refractivity contribution in [2.24, 2.45) is 0 Å². The van der Waals surface area contributed by atoms with Gasteiger partial charge in [-0.25, -0.2) is 0 Å². The first kappa shape index (κ1) is 13.0. The van der Waals surface area contributed by atoms with Crippen molar-refractivity contribution >= 4 is 17.6 Å². The highest BCUT2D eigenvalue weighted by Gasteiger charge is 2.09. The van der Waals surface area contributed by atoms with Gasteiger partial charge < -0.3 is 9.47 Å². The van der Waals surface area contributed by atoms with Gasteiger partial charge in [-0.1, -0.05) is 17.7 Å². The van der Waals surface area contributed by atoms with Crippen LogP contribution in [-0.4, -0.2) is 19.7 Å². The minimum Gasteiger partial charge on any atom is -0.466 e. The fourth-order valence-electron chi connectivity index (χ4n) is 1.42. The fourth-order valence-corrected chi connectivity index (χ4v) is 1.62. The van der Waals surface area contributed by atoms with Gasteiger partial charge in [0.05, 0.1) is 19.6 Å². The van der Waals surface area contributed by atoms with E-state index in [9.17, 15) is 4.79 Å². The van der Waals surface area contributed by atoms with Crippen LogP contribution in [0.2, 0.25) is 5.02 Å². The monoisotopic (exact) mass is 242 g/mol. The van der Waals surface area contributed by atoms with Crippen molar-refractivity contribution in [2.75, 3.05) is 13.7 Å². The molecule has 4 heteroatoms. The zero-order valence-corrected chi connectivity index (χ0v) is 10.2. The van der Waals surface area contributed by atoms with Gasteiger partial charge in [-0.2, -0.15) is 0 Å². The lowest BCUT2D eigenvalue weighted by Crippen LogP contribution is -2.09. The quantitative estimate of drug-likeness (QED) is 0.745. The molecule has 0 aliphatic heterocycles. The molecule has 0 unspecified atom stereocenters. The Kier molecular flexibility index (Phi) is 5.29. The number of halogens is 1. The number of esters is 1. The van der Waals surface area contributed by atoms with Crippen molar-refractivity contribution in [1.29, 1.82) is 0 Å². The summed E-state index contributed by atoms with van der Waals surface area (Å²) in [6.07, 6.45) is 0.254. The van der Waals surface area contributed by atoms with Crippen LogP contribution in [0, 0.1) is 0 Å². The van der Waals surface area contributed by atoms with Crippen molar-refractivity contribution in [3.05, 3.63) is 34.3 Å². The van der Waals surface area contributed by atoms with Crippen LogP contribution in [0.4, 0.5) is 0 Å². The molecule has 0 radical (unpaired) electrons. The topological polar surface area (TPSA) is 35.5 Å². The molecule has 1 aromatic carbocycles. The van der Waals surface area contributed by atoms with Crippen LogP contribution in [0.25, 0.3) is 0 Å². The third-order valence-corrected chi connectivity index (χ3v) is 2.34. The predicted octanol–water partition coefficient (Wildman–Crippen LogP) is 2.59. The van der Waals surface area contributed by atoms with Crippen molar-refractivity contribution in [2.45, 2.75) is 20.0 Å². The molecule has 0 amide bonds. The van der Waals surface area contributed by atoms with Crippen LogP contribution >= 0.6 is 11.6 Å². The summed E-state index contributed by atoms with van der Waals surface area (Å²) in [5, 5.41) is 0.639. The first-order valence-electron chi connectivity index (χ1n) is 5.09. The van der Waals surface area contributed by atoms with E-state index in [0.29, 0.717) is 18.2 Å². The second-order valence-corrected chi connectivity index (χ2v) is 3.76. The highest BCUT2D eigenvalue weighted by molar-refractivity contribution is 6.30. The first-order valence-corrected chi connectivity index (χ1v) is 5.47. The van der Waals surface area contributed by atoms with Crippen molar-refractivity contribution in [3.63, 3.8) is 0 Å². The van der Waals surface area contributed by atoms with Gasteiger partial charge >= 0.3 is 5.97 Å². The second kappa shape index (κ2) is 6.51. The van der Waals surface area contributed by atoms with E-state index in [2.05, 4.69) is 0 Å². The van der Waals surface area contributed by atoms with Gasteiger partial charge in [-0.15, -0.1) is 0 Å². The molecule has 3 nitrogen and oxygen atoms in total. The molecule has 0 heterocycles. The summed E-state index contributed by atoms with van der Waals surface area (Å²) in [4.78, 5) is 11.4. The number of rotatable bonds is 5. The molecule has 0 N–H and O–H groups in total. The smallest absolute Gasteiger partial charge is 0.310 e. The number of hydrogen-bond donors (Lipinski definition) is 0. The van der Waals surface area contributed by atoms with Crippen molar-refractivity contribution < 1.29 is 14.3 Å². The summed E-state index contributed by atoms with van der Waals surface area (Å²) in [5.74, 6) is -0.234. The molecule has 0 aliphatic rings.